The van der Waals surface area contributed by atoms with Gasteiger partial charge in [-0.2, -0.15) is 0 Å². The molecule has 2 N–H and O–H groups in total. The Kier molecular flexibility index (Phi) is 6.36. The molecule has 0 spiro atoms. The van der Waals surface area contributed by atoms with Gasteiger partial charge < -0.3 is 19.7 Å². The standard InChI is InChI=1S/C26H27N3O5S/c1-18-13-21(29-11-2-3-12-29)8-9-23(18)28-26(30)20-5-4-6-22(15-20)35(31,32)27-16-19-7-10-24-25(14-19)34-17-33-24/h4-10,13-15,27H,2-3,11-12,16-17H2,1H3,(H,28,30). The van der Waals surface area contributed by atoms with Crippen LogP contribution in [0.5, 0.6) is 11.5 Å². The lowest BCUT2D eigenvalue weighted by Gasteiger charge is -2.19. The fraction of sp³-hybridized carbons (Fsp3) is 0.269. The first-order chi connectivity index (χ1) is 16.9. The Hall–Kier alpha value is -3.56. The van der Waals surface area contributed by atoms with Crippen molar-refractivity contribution in [3.8, 4) is 11.5 Å². The van der Waals surface area contributed by atoms with E-state index >= 15 is 0 Å². The van der Waals surface area contributed by atoms with E-state index in [9.17, 15) is 13.2 Å². The number of aryl methyl sites for hydroxylation is 1. The molecule has 1 amide bonds. The van der Waals surface area contributed by atoms with Gasteiger partial charge in [0, 0.05) is 36.6 Å². The molecule has 3 aromatic rings. The first-order valence-corrected chi connectivity index (χ1v) is 13.0. The van der Waals surface area contributed by atoms with Crippen LogP contribution in [0.3, 0.4) is 0 Å². The summed E-state index contributed by atoms with van der Waals surface area (Å²) >= 11 is 0. The molecule has 182 valence electrons. The Morgan fingerprint density at radius 2 is 1.77 bits per heavy atom. The van der Waals surface area contributed by atoms with Gasteiger partial charge in [0.05, 0.1) is 4.90 Å². The van der Waals surface area contributed by atoms with Crippen molar-refractivity contribution in [1.82, 2.24) is 4.72 Å². The molecular formula is C26H27N3O5S. The maximum absolute atomic E-state index is 12.9. The summed E-state index contributed by atoms with van der Waals surface area (Å²) in [4.78, 5) is 15.3. The number of fused-ring (bicyclic) bond motifs is 1. The summed E-state index contributed by atoms with van der Waals surface area (Å²) in [6, 6.07) is 17.2. The molecule has 0 unspecified atom stereocenters. The van der Waals surface area contributed by atoms with Gasteiger partial charge in [0.15, 0.2) is 11.5 Å². The summed E-state index contributed by atoms with van der Waals surface area (Å²) in [5, 5.41) is 2.91. The van der Waals surface area contributed by atoms with E-state index in [4.69, 9.17) is 9.47 Å². The number of ether oxygens (including phenoxy) is 2. The van der Waals surface area contributed by atoms with Gasteiger partial charge in [0.25, 0.3) is 5.91 Å². The van der Waals surface area contributed by atoms with Gasteiger partial charge in [-0.1, -0.05) is 12.1 Å². The summed E-state index contributed by atoms with van der Waals surface area (Å²) in [6.07, 6.45) is 2.39. The Labute approximate surface area is 204 Å². The van der Waals surface area contributed by atoms with Gasteiger partial charge in [-0.3, -0.25) is 4.79 Å². The van der Waals surface area contributed by atoms with E-state index in [0.717, 1.165) is 29.9 Å². The number of carbonyl (C=O) groups is 1. The molecule has 5 rings (SSSR count). The minimum Gasteiger partial charge on any atom is -0.454 e. The van der Waals surface area contributed by atoms with E-state index < -0.39 is 10.0 Å². The summed E-state index contributed by atoms with van der Waals surface area (Å²) in [7, 11) is -3.83. The van der Waals surface area contributed by atoms with Crippen molar-refractivity contribution in [3.05, 3.63) is 77.4 Å². The second-order valence-electron chi connectivity index (χ2n) is 8.69. The first kappa shape index (κ1) is 23.2. The van der Waals surface area contributed by atoms with Crippen LogP contribution >= 0.6 is 0 Å². The van der Waals surface area contributed by atoms with Crippen molar-refractivity contribution in [2.24, 2.45) is 0 Å². The number of hydrogen-bond acceptors (Lipinski definition) is 6. The average molecular weight is 494 g/mol. The van der Waals surface area contributed by atoms with Crippen molar-refractivity contribution in [1.29, 1.82) is 0 Å². The number of carbonyl (C=O) groups excluding carboxylic acids is 1. The molecule has 0 radical (unpaired) electrons. The Bertz CT molecular complexity index is 1370. The predicted molar refractivity (Wildman–Crippen MR) is 134 cm³/mol. The minimum atomic E-state index is -3.83. The third-order valence-electron chi connectivity index (χ3n) is 6.24. The van der Waals surface area contributed by atoms with Gasteiger partial charge in [-0.15, -0.1) is 0 Å². The molecule has 2 heterocycles. The van der Waals surface area contributed by atoms with Crippen molar-refractivity contribution in [2.45, 2.75) is 31.2 Å². The number of rotatable bonds is 7. The topological polar surface area (TPSA) is 97.0 Å². The largest absolute Gasteiger partial charge is 0.454 e. The number of benzene rings is 3. The molecule has 1 fully saturated rings. The van der Waals surface area contributed by atoms with Crippen molar-refractivity contribution >= 4 is 27.3 Å². The summed E-state index contributed by atoms with van der Waals surface area (Å²) in [6.45, 7) is 4.29. The second kappa shape index (κ2) is 9.59. The van der Waals surface area contributed by atoms with Gasteiger partial charge >= 0.3 is 0 Å². The number of anilines is 2. The highest BCUT2D eigenvalue weighted by molar-refractivity contribution is 7.89. The summed E-state index contributed by atoms with van der Waals surface area (Å²) in [5.74, 6) is 0.857. The van der Waals surface area contributed by atoms with E-state index in [2.05, 4.69) is 21.0 Å². The highest BCUT2D eigenvalue weighted by Crippen LogP contribution is 2.32. The van der Waals surface area contributed by atoms with E-state index in [0.29, 0.717) is 17.2 Å². The maximum Gasteiger partial charge on any atom is 0.255 e. The fourth-order valence-corrected chi connectivity index (χ4v) is 5.33. The number of nitrogens with one attached hydrogen (secondary N) is 2. The van der Waals surface area contributed by atoms with Crippen LogP contribution in [-0.2, 0) is 16.6 Å². The molecular weight excluding hydrogens is 466 g/mol. The lowest BCUT2D eigenvalue weighted by Crippen LogP contribution is -2.24. The predicted octanol–water partition coefficient (Wildman–Crippen LogP) is 4.05. The molecule has 1 saturated heterocycles. The SMILES string of the molecule is Cc1cc(N2CCCC2)ccc1NC(=O)c1cccc(S(=O)(=O)NCc2ccc3c(c2)OCO3)c1. The zero-order chi connectivity index (χ0) is 24.4. The van der Waals surface area contributed by atoms with Crippen LogP contribution in [0.1, 0.15) is 34.3 Å². The molecule has 0 bridgehead atoms. The highest BCUT2D eigenvalue weighted by atomic mass is 32.2. The number of nitrogens with zero attached hydrogens (tertiary/aromatic N) is 1. The molecule has 0 atom stereocenters. The minimum absolute atomic E-state index is 0.0204. The normalized spacial score (nSPS) is 14.8. The molecule has 3 aromatic carbocycles. The number of amides is 1. The number of hydrogen-bond donors (Lipinski definition) is 2. The first-order valence-electron chi connectivity index (χ1n) is 11.5. The van der Waals surface area contributed by atoms with E-state index in [-0.39, 0.29) is 29.7 Å². The third kappa shape index (κ3) is 5.11. The van der Waals surface area contributed by atoms with Crippen LogP contribution in [0.2, 0.25) is 0 Å². The quantitative estimate of drug-likeness (QED) is 0.515. The molecule has 9 heteroatoms. The lowest BCUT2D eigenvalue weighted by molar-refractivity contribution is 0.102. The summed E-state index contributed by atoms with van der Waals surface area (Å²) in [5.41, 5.74) is 3.81. The van der Waals surface area contributed by atoms with Crippen LogP contribution in [0.4, 0.5) is 11.4 Å². The van der Waals surface area contributed by atoms with Crippen LogP contribution in [0.25, 0.3) is 0 Å². The van der Waals surface area contributed by atoms with Gasteiger partial charge in [0.2, 0.25) is 16.8 Å². The summed E-state index contributed by atoms with van der Waals surface area (Å²) < 4.78 is 39.0. The molecule has 0 aromatic heterocycles. The van der Waals surface area contributed by atoms with Crippen LogP contribution in [-0.4, -0.2) is 34.2 Å². The van der Waals surface area contributed by atoms with Gasteiger partial charge in [-0.05, 0) is 79.4 Å². The second-order valence-corrected chi connectivity index (χ2v) is 10.5. The monoisotopic (exact) mass is 493 g/mol. The molecule has 0 aliphatic carbocycles. The van der Waals surface area contributed by atoms with E-state index in [1.165, 1.54) is 25.0 Å². The molecule has 35 heavy (non-hydrogen) atoms. The van der Waals surface area contributed by atoms with Crippen molar-refractivity contribution < 1.29 is 22.7 Å². The lowest BCUT2D eigenvalue weighted by atomic mass is 10.1. The van der Waals surface area contributed by atoms with Gasteiger partial charge in [0.1, 0.15) is 0 Å². The Balaban J connectivity index is 1.26. The molecule has 2 aliphatic rings. The highest BCUT2D eigenvalue weighted by Gasteiger charge is 2.19. The van der Waals surface area contributed by atoms with Crippen LogP contribution in [0.15, 0.2) is 65.6 Å². The zero-order valence-corrected chi connectivity index (χ0v) is 20.2. The van der Waals surface area contributed by atoms with Crippen LogP contribution < -0.4 is 24.4 Å². The number of sulfonamides is 1. The fourth-order valence-electron chi connectivity index (χ4n) is 4.27. The molecule has 2 aliphatic heterocycles. The zero-order valence-electron chi connectivity index (χ0n) is 19.4. The van der Waals surface area contributed by atoms with Crippen molar-refractivity contribution in [2.75, 3.05) is 30.1 Å². The third-order valence-corrected chi connectivity index (χ3v) is 7.64. The smallest absolute Gasteiger partial charge is 0.255 e. The molecule has 0 saturated carbocycles. The maximum atomic E-state index is 12.9. The molecule has 8 nitrogen and oxygen atoms in total. The average Bonchev–Trinajstić information content (AvgIpc) is 3.56. The Morgan fingerprint density at radius 3 is 2.57 bits per heavy atom. The van der Waals surface area contributed by atoms with E-state index in [1.807, 2.05) is 19.1 Å². The van der Waals surface area contributed by atoms with Crippen LogP contribution in [0, 0.1) is 6.92 Å². The van der Waals surface area contributed by atoms with Crippen molar-refractivity contribution in [3.63, 3.8) is 0 Å². The van der Waals surface area contributed by atoms with Gasteiger partial charge in [-0.25, -0.2) is 13.1 Å². The van der Waals surface area contributed by atoms with E-state index in [1.54, 1.807) is 30.3 Å². The Morgan fingerprint density at radius 1 is 0.971 bits per heavy atom.